The van der Waals surface area contributed by atoms with Gasteiger partial charge in [0.2, 0.25) is 5.88 Å². The van der Waals surface area contributed by atoms with Crippen molar-refractivity contribution in [3.63, 3.8) is 0 Å². The maximum absolute atomic E-state index is 5.86. The summed E-state index contributed by atoms with van der Waals surface area (Å²) in [6.07, 6.45) is 1.30. The quantitative estimate of drug-likeness (QED) is 0.738. The third-order valence-electron chi connectivity index (χ3n) is 4.01. The van der Waals surface area contributed by atoms with Gasteiger partial charge in [0.05, 0.1) is 31.4 Å². The lowest BCUT2D eigenvalue weighted by atomic mass is 9.98. The highest BCUT2D eigenvalue weighted by Gasteiger charge is 2.27. The molecule has 0 fully saturated rings. The molecule has 0 aliphatic carbocycles. The molecule has 3 aromatic rings. The summed E-state index contributed by atoms with van der Waals surface area (Å²) in [6.45, 7) is 0.171. The second-order valence-electron chi connectivity index (χ2n) is 5.34. The van der Waals surface area contributed by atoms with Crippen molar-refractivity contribution in [3.8, 4) is 17.4 Å². The average molecular weight is 324 g/mol. The third-order valence-corrected chi connectivity index (χ3v) is 4.01. The van der Waals surface area contributed by atoms with Gasteiger partial charge in [0.1, 0.15) is 17.6 Å². The molecule has 1 aliphatic heterocycles. The summed E-state index contributed by atoms with van der Waals surface area (Å²) in [4.78, 5) is 8.80. The molecule has 6 heteroatoms. The molecule has 2 aromatic carbocycles. The fourth-order valence-electron chi connectivity index (χ4n) is 2.86. The number of hydrogen-bond acceptors (Lipinski definition) is 6. The highest BCUT2D eigenvalue weighted by molar-refractivity contribution is 5.78. The number of para-hydroxylation sites is 1. The first-order valence-electron chi connectivity index (χ1n) is 7.52. The van der Waals surface area contributed by atoms with Crippen molar-refractivity contribution in [2.75, 3.05) is 21.0 Å². The Morgan fingerprint density at radius 3 is 2.75 bits per heavy atom. The maximum atomic E-state index is 5.86. The monoisotopic (exact) mass is 324 g/mol. The Balaban J connectivity index is 1.88. The van der Waals surface area contributed by atoms with E-state index in [4.69, 9.17) is 18.9 Å². The molecule has 0 bridgehead atoms. The van der Waals surface area contributed by atoms with Gasteiger partial charge >= 0.3 is 0 Å². The summed E-state index contributed by atoms with van der Waals surface area (Å²) in [5.74, 6) is 1.98. The van der Waals surface area contributed by atoms with Crippen LogP contribution in [0.2, 0.25) is 0 Å². The molecule has 0 N–H and O–H groups in total. The Labute approximate surface area is 139 Å². The van der Waals surface area contributed by atoms with Gasteiger partial charge in [0, 0.05) is 17.2 Å². The van der Waals surface area contributed by atoms with E-state index in [1.165, 1.54) is 0 Å². The predicted molar refractivity (Wildman–Crippen MR) is 87.5 cm³/mol. The average Bonchev–Trinajstić information content (AvgIpc) is 2.65. The standard InChI is InChI=1S/C18H16N2O4/c1-21-15-6-4-3-5-11(15)18-12-7-14-13(8-16(12)23-10-24-18)19-9-17(20-14)22-2/h3-9,18H,10H2,1-2H3. The molecule has 6 nitrogen and oxygen atoms in total. The van der Waals surface area contributed by atoms with Gasteiger partial charge in [-0.25, -0.2) is 9.97 Å². The summed E-state index contributed by atoms with van der Waals surface area (Å²) < 4.78 is 22.1. The Kier molecular flexibility index (Phi) is 3.66. The number of aromatic nitrogens is 2. The van der Waals surface area contributed by atoms with Crippen LogP contribution in [0.1, 0.15) is 17.2 Å². The zero-order valence-electron chi connectivity index (χ0n) is 13.4. The number of rotatable bonds is 3. The van der Waals surface area contributed by atoms with Crippen LogP contribution in [0.15, 0.2) is 42.6 Å². The molecule has 0 radical (unpaired) electrons. The van der Waals surface area contributed by atoms with Crippen LogP contribution in [0.4, 0.5) is 0 Å². The van der Waals surface area contributed by atoms with E-state index in [2.05, 4.69) is 9.97 Å². The van der Waals surface area contributed by atoms with Gasteiger partial charge in [-0.15, -0.1) is 0 Å². The largest absolute Gasteiger partial charge is 0.496 e. The molecule has 0 spiro atoms. The number of nitrogens with zero attached hydrogens (tertiary/aromatic N) is 2. The van der Waals surface area contributed by atoms with Crippen molar-refractivity contribution in [2.45, 2.75) is 6.10 Å². The summed E-state index contributed by atoms with van der Waals surface area (Å²) in [5.41, 5.74) is 3.30. The fourth-order valence-corrected chi connectivity index (χ4v) is 2.86. The molecule has 0 amide bonds. The minimum Gasteiger partial charge on any atom is -0.496 e. The fraction of sp³-hybridized carbons (Fsp3) is 0.222. The van der Waals surface area contributed by atoms with E-state index < -0.39 is 0 Å². The van der Waals surface area contributed by atoms with Gasteiger partial charge in [-0.05, 0) is 12.1 Å². The van der Waals surface area contributed by atoms with Crippen LogP contribution in [-0.4, -0.2) is 31.0 Å². The molecule has 1 unspecified atom stereocenters. The van der Waals surface area contributed by atoms with Crippen molar-refractivity contribution in [3.05, 3.63) is 53.7 Å². The molecule has 0 saturated heterocycles. The van der Waals surface area contributed by atoms with Gasteiger partial charge in [0.25, 0.3) is 0 Å². The van der Waals surface area contributed by atoms with Gasteiger partial charge in [-0.1, -0.05) is 18.2 Å². The van der Waals surface area contributed by atoms with Crippen LogP contribution < -0.4 is 14.2 Å². The molecular weight excluding hydrogens is 308 g/mol. The third kappa shape index (κ3) is 2.41. The first-order chi connectivity index (χ1) is 11.8. The molecule has 1 aromatic heterocycles. The lowest BCUT2D eigenvalue weighted by Gasteiger charge is -2.27. The Morgan fingerprint density at radius 2 is 1.92 bits per heavy atom. The molecule has 0 saturated carbocycles. The lowest BCUT2D eigenvalue weighted by Crippen LogP contribution is -2.19. The van der Waals surface area contributed by atoms with E-state index in [0.29, 0.717) is 5.88 Å². The van der Waals surface area contributed by atoms with E-state index in [1.54, 1.807) is 20.4 Å². The van der Waals surface area contributed by atoms with Crippen molar-refractivity contribution in [2.24, 2.45) is 0 Å². The number of ether oxygens (including phenoxy) is 4. The van der Waals surface area contributed by atoms with Crippen molar-refractivity contribution in [1.29, 1.82) is 0 Å². The van der Waals surface area contributed by atoms with Crippen molar-refractivity contribution >= 4 is 11.0 Å². The highest BCUT2D eigenvalue weighted by atomic mass is 16.7. The summed E-state index contributed by atoms with van der Waals surface area (Å²) in [6, 6.07) is 11.6. The summed E-state index contributed by atoms with van der Waals surface area (Å²) in [5, 5.41) is 0. The second-order valence-corrected chi connectivity index (χ2v) is 5.34. The Morgan fingerprint density at radius 1 is 1.04 bits per heavy atom. The lowest BCUT2D eigenvalue weighted by molar-refractivity contribution is -0.0424. The second kappa shape index (κ2) is 5.98. The smallest absolute Gasteiger partial charge is 0.232 e. The van der Waals surface area contributed by atoms with Crippen LogP contribution in [0, 0.1) is 0 Å². The number of hydrogen-bond donors (Lipinski definition) is 0. The number of benzene rings is 2. The van der Waals surface area contributed by atoms with E-state index in [-0.39, 0.29) is 12.9 Å². The molecular formula is C18H16N2O4. The maximum Gasteiger partial charge on any atom is 0.232 e. The predicted octanol–water partition coefficient (Wildman–Crippen LogP) is 3.10. The van der Waals surface area contributed by atoms with Crippen molar-refractivity contribution in [1.82, 2.24) is 9.97 Å². The first kappa shape index (κ1) is 14.7. The Bertz CT molecular complexity index is 897. The van der Waals surface area contributed by atoms with Crippen LogP contribution in [0.25, 0.3) is 11.0 Å². The first-order valence-corrected chi connectivity index (χ1v) is 7.52. The summed E-state index contributed by atoms with van der Waals surface area (Å²) in [7, 11) is 3.22. The van der Waals surface area contributed by atoms with Crippen LogP contribution in [0.3, 0.4) is 0 Å². The minimum absolute atomic E-state index is 0.171. The topological polar surface area (TPSA) is 62.7 Å². The van der Waals surface area contributed by atoms with Crippen LogP contribution in [0.5, 0.6) is 17.4 Å². The van der Waals surface area contributed by atoms with E-state index in [1.807, 2.05) is 36.4 Å². The van der Waals surface area contributed by atoms with Gasteiger partial charge in [-0.3, -0.25) is 0 Å². The molecule has 4 rings (SSSR count). The minimum atomic E-state index is -0.290. The zero-order chi connectivity index (χ0) is 16.5. The van der Waals surface area contributed by atoms with Gasteiger partial charge in [-0.2, -0.15) is 0 Å². The molecule has 1 atom stereocenters. The molecule has 122 valence electrons. The van der Waals surface area contributed by atoms with Gasteiger partial charge in [0.15, 0.2) is 6.79 Å². The number of fused-ring (bicyclic) bond motifs is 2. The van der Waals surface area contributed by atoms with Crippen LogP contribution >= 0.6 is 0 Å². The normalized spacial score (nSPS) is 16.3. The van der Waals surface area contributed by atoms with Gasteiger partial charge < -0.3 is 18.9 Å². The molecule has 2 heterocycles. The SMILES string of the molecule is COc1cnc2cc3c(cc2n1)C(c1ccccc1OC)OCO3. The number of methoxy groups -OCH3 is 2. The van der Waals surface area contributed by atoms with Crippen LogP contribution in [-0.2, 0) is 4.74 Å². The van der Waals surface area contributed by atoms with E-state index >= 15 is 0 Å². The zero-order valence-corrected chi connectivity index (χ0v) is 13.4. The summed E-state index contributed by atoms with van der Waals surface area (Å²) >= 11 is 0. The Hall–Kier alpha value is -2.86. The molecule has 1 aliphatic rings. The van der Waals surface area contributed by atoms with E-state index in [9.17, 15) is 0 Å². The highest BCUT2D eigenvalue weighted by Crippen LogP contribution is 2.41. The molecule has 24 heavy (non-hydrogen) atoms. The van der Waals surface area contributed by atoms with E-state index in [0.717, 1.165) is 33.7 Å². The van der Waals surface area contributed by atoms with Crippen molar-refractivity contribution < 1.29 is 18.9 Å².